The molecule has 0 spiro atoms. The summed E-state index contributed by atoms with van der Waals surface area (Å²) < 4.78 is 0. The summed E-state index contributed by atoms with van der Waals surface area (Å²) in [6, 6.07) is 0. The lowest BCUT2D eigenvalue weighted by Gasteiger charge is -2.09. The molecule has 0 saturated heterocycles. The number of aliphatic carboxylic acids is 1. The van der Waals surface area contributed by atoms with Crippen LogP contribution < -0.4 is 0 Å². The average molecular weight is 186 g/mol. The molecule has 0 aliphatic carbocycles. The summed E-state index contributed by atoms with van der Waals surface area (Å²) >= 11 is 0. The highest BCUT2D eigenvalue weighted by molar-refractivity contribution is 5.66. The number of carboxylic acids is 1. The van der Waals surface area contributed by atoms with Crippen molar-refractivity contribution in [2.75, 3.05) is 0 Å². The molecule has 0 aromatic carbocycles. The molecule has 0 fully saturated rings. The van der Waals surface area contributed by atoms with Gasteiger partial charge >= 0.3 is 5.97 Å². The van der Waals surface area contributed by atoms with E-state index < -0.39 is 5.97 Å². The Morgan fingerprint density at radius 3 is 2.38 bits per heavy atom. The first-order valence-electron chi connectivity index (χ1n) is 5.38. The molecule has 0 bridgehead atoms. The molecule has 0 saturated carbocycles. The van der Waals surface area contributed by atoms with E-state index in [0.29, 0.717) is 12.3 Å². The highest BCUT2D eigenvalue weighted by Crippen LogP contribution is 2.15. The number of rotatable bonds is 8. The van der Waals surface area contributed by atoms with Crippen molar-refractivity contribution in [2.45, 2.75) is 58.8 Å². The van der Waals surface area contributed by atoms with Crippen LogP contribution >= 0.6 is 0 Å². The van der Waals surface area contributed by atoms with Gasteiger partial charge in [-0.1, -0.05) is 46.0 Å². The second kappa shape index (κ2) is 8.09. The maximum atomic E-state index is 10.2. The normalized spacial score (nSPS) is 12.8. The molecule has 0 aliphatic heterocycles. The molecular weight excluding hydrogens is 164 g/mol. The van der Waals surface area contributed by atoms with Crippen molar-refractivity contribution in [1.29, 1.82) is 0 Å². The Hall–Kier alpha value is -0.530. The first-order chi connectivity index (χ1) is 6.16. The molecule has 2 heteroatoms. The van der Waals surface area contributed by atoms with E-state index in [1.54, 1.807) is 0 Å². The monoisotopic (exact) mass is 186 g/mol. The Morgan fingerprint density at radius 1 is 1.23 bits per heavy atom. The van der Waals surface area contributed by atoms with Crippen molar-refractivity contribution in [3.8, 4) is 0 Å². The van der Waals surface area contributed by atoms with Gasteiger partial charge in [-0.15, -0.1) is 0 Å². The molecule has 0 aromatic heterocycles. The van der Waals surface area contributed by atoms with E-state index in [0.717, 1.165) is 12.8 Å². The maximum Gasteiger partial charge on any atom is 0.303 e. The average Bonchev–Trinajstić information content (AvgIpc) is 2.04. The van der Waals surface area contributed by atoms with Gasteiger partial charge in [0.25, 0.3) is 0 Å². The Kier molecular flexibility index (Phi) is 7.76. The standard InChI is InChI=1S/C11H22O2/c1-3-4-5-7-10(2)8-6-9-11(12)13/h10H,3-9H2,1-2H3,(H,12,13)/t10-/m1/s1. The summed E-state index contributed by atoms with van der Waals surface area (Å²) in [5, 5.41) is 8.44. The van der Waals surface area contributed by atoms with Crippen LogP contribution in [0, 0.1) is 5.92 Å². The molecule has 0 rings (SSSR count). The zero-order chi connectivity index (χ0) is 10.1. The van der Waals surface area contributed by atoms with Crippen LogP contribution in [0.25, 0.3) is 0 Å². The number of hydrogen-bond donors (Lipinski definition) is 1. The summed E-state index contributed by atoms with van der Waals surface area (Å²) in [5.41, 5.74) is 0. The SMILES string of the molecule is CCCCC[C@@H](C)CCCC(=O)O. The van der Waals surface area contributed by atoms with Crippen LogP contribution in [0.3, 0.4) is 0 Å². The fraction of sp³-hybridized carbons (Fsp3) is 0.909. The van der Waals surface area contributed by atoms with Gasteiger partial charge in [0.1, 0.15) is 0 Å². The van der Waals surface area contributed by atoms with Gasteiger partial charge in [0.05, 0.1) is 0 Å². The topological polar surface area (TPSA) is 37.3 Å². The highest BCUT2D eigenvalue weighted by atomic mass is 16.4. The van der Waals surface area contributed by atoms with E-state index in [-0.39, 0.29) is 0 Å². The summed E-state index contributed by atoms with van der Waals surface area (Å²) in [5.74, 6) is 0.0339. The minimum Gasteiger partial charge on any atom is -0.481 e. The molecule has 78 valence electrons. The fourth-order valence-corrected chi connectivity index (χ4v) is 1.49. The van der Waals surface area contributed by atoms with Crippen LogP contribution in [-0.2, 0) is 4.79 Å². The van der Waals surface area contributed by atoms with Gasteiger partial charge in [-0.2, -0.15) is 0 Å². The lowest BCUT2D eigenvalue weighted by molar-refractivity contribution is -0.137. The van der Waals surface area contributed by atoms with Crippen molar-refractivity contribution in [1.82, 2.24) is 0 Å². The van der Waals surface area contributed by atoms with Crippen molar-refractivity contribution < 1.29 is 9.90 Å². The Balaban J connectivity index is 3.19. The highest BCUT2D eigenvalue weighted by Gasteiger charge is 2.03. The zero-order valence-electron chi connectivity index (χ0n) is 8.88. The van der Waals surface area contributed by atoms with E-state index in [9.17, 15) is 4.79 Å². The van der Waals surface area contributed by atoms with Crippen molar-refractivity contribution in [3.05, 3.63) is 0 Å². The number of hydrogen-bond acceptors (Lipinski definition) is 1. The molecular formula is C11H22O2. The van der Waals surface area contributed by atoms with Crippen LogP contribution in [0.4, 0.5) is 0 Å². The summed E-state index contributed by atoms with van der Waals surface area (Å²) in [6.45, 7) is 4.42. The summed E-state index contributed by atoms with van der Waals surface area (Å²) in [6.07, 6.45) is 7.36. The first-order valence-corrected chi connectivity index (χ1v) is 5.38. The molecule has 0 aliphatic rings. The third-order valence-corrected chi connectivity index (χ3v) is 2.39. The van der Waals surface area contributed by atoms with Crippen molar-refractivity contribution in [3.63, 3.8) is 0 Å². The van der Waals surface area contributed by atoms with E-state index in [4.69, 9.17) is 5.11 Å². The Labute approximate surface area is 81.3 Å². The van der Waals surface area contributed by atoms with Crippen LogP contribution in [0.2, 0.25) is 0 Å². The van der Waals surface area contributed by atoms with Gasteiger partial charge in [0.15, 0.2) is 0 Å². The lowest BCUT2D eigenvalue weighted by atomic mass is 9.97. The van der Waals surface area contributed by atoms with E-state index in [1.165, 1.54) is 25.7 Å². The van der Waals surface area contributed by atoms with Gasteiger partial charge in [-0.25, -0.2) is 0 Å². The molecule has 13 heavy (non-hydrogen) atoms. The van der Waals surface area contributed by atoms with Crippen molar-refractivity contribution in [2.24, 2.45) is 5.92 Å². The molecule has 1 N–H and O–H groups in total. The predicted molar refractivity (Wildman–Crippen MR) is 54.8 cm³/mol. The lowest BCUT2D eigenvalue weighted by Crippen LogP contribution is -1.99. The molecule has 1 atom stereocenters. The van der Waals surface area contributed by atoms with E-state index in [2.05, 4.69) is 13.8 Å². The van der Waals surface area contributed by atoms with Gasteiger partial charge in [0.2, 0.25) is 0 Å². The number of carbonyl (C=O) groups is 1. The van der Waals surface area contributed by atoms with Crippen LogP contribution in [-0.4, -0.2) is 11.1 Å². The predicted octanol–water partition coefficient (Wildman–Crippen LogP) is 3.46. The van der Waals surface area contributed by atoms with Gasteiger partial charge in [0, 0.05) is 6.42 Å². The number of unbranched alkanes of at least 4 members (excludes halogenated alkanes) is 2. The number of carboxylic acid groups (broad SMARTS) is 1. The molecule has 2 nitrogen and oxygen atoms in total. The minimum atomic E-state index is -0.666. The Bertz CT molecular complexity index is 132. The smallest absolute Gasteiger partial charge is 0.303 e. The van der Waals surface area contributed by atoms with Crippen LogP contribution in [0.15, 0.2) is 0 Å². The Morgan fingerprint density at radius 2 is 1.85 bits per heavy atom. The molecule has 0 unspecified atom stereocenters. The van der Waals surface area contributed by atoms with E-state index in [1.807, 2.05) is 0 Å². The molecule has 0 amide bonds. The van der Waals surface area contributed by atoms with Crippen molar-refractivity contribution >= 4 is 5.97 Å². The molecule has 0 radical (unpaired) electrons. The van der Waals surface area contributed by atoms with Crippen LogP contribution in [0.5, 0.6) is 0 Å². The third kappa shape index (κ3) is 9.38. The maximum absolute atomic E-state index is 10.2. The molecule has 0 aromatic rings. The minimum absolute atomic E-state index is 0.331. The van der Waals surface area contributed by atoms with Gasteiger partial charge < -0.3 is 5.11 Å². The quantitative estimate of drug-likeness (QED) is 0.589. The second-order valence-corrected chi connectivity index (χ2v) is 3.89. The largest absolute Gasteiger partial charge is 0.481 e. The van der Waals surface area contributed by atoms with E-state index >= 15 is 0 Å². The zero-order valence-corrected chi connectivity index (χ0v) is 8.88. The van der Waals surface area contributed by atoms with Crippen LogP contribution in [0.1, 0.15) is 58.8 Å². The second-order valence-electron chi connectivity index (χ2n) is 3.89. The fourth-order valence-electron chi connectivity index (χ4n) is 1.49. The van der Waals surface area contributed by atoms with Gasteiger partial charge in [-0.05, 0) is 12.3 Å². The third-order valence-electron chi connectivity index (χ3n) is 2.39. The molecule has 0 heterocycles. The summed E-state index contributed by atoms with van der Waals surface area (Å²) in [7, 11) is 0. The van der Waals surface area contributed by atoms with Gasteiger partial charge in [-0.3, -0.25) is 4.79 Å². The summed E-state index contributed by atoms with van der Waals surface area (Å²) in [4.78, 5) is 10.2. The first kappa shape index (κ1) is 12.5.